The number of carbonyl (C=O) groups is 1. The van der Waals surface area contributed by atoms with Crippen LogP contribution in [0.4, 0.5) is 0 Å². The Labute approximate surface area is 113 Å². The van der Waals surface area contributed by atoms with E-state index in [-0.39, 0.29) is 5.78 Å². The molecule has 0 amide bonds. The van der Waals surface area contributed by atoms with E-state index in [9.17, 15) is 10.1 Å². The summed E-state index contributed by atoms with van der Waals surface area (Å²) in [6.45, 7) is 3.84. The average Bonchev–Trinajstić information content (AvgIpc) is 2.43. The molecule has 0 aromatic heterocycles. The third-order valence-electron chi connectivity index (χ3n) is 3.18. The minimum absolute atomic E-state index is 0.130. The summed E-state index contributed by atoms with van der Waals surface area (Å²) in [5, 5.41) is 9.30. The van der Waals surface area contributed by atoms with Gasteiger partial charge in [0.2, 0.25) is 0 Å². The molecule has 1 unspecified atom stereocenters. The number of ketones is 1. The van der Waals surface area contributed by atoms with Crippen molar-refractivity contribution < 1.29 is 4.79 Å². The number of nitrogens with zero attached hydrogens (tertiary/aromatic N) is 1. The molecule has 1 atom stereocenters. The highest BCUT2D eigenvalue weighted by atomic mass is 16.1. The van der Waals surface area contributed by atoms with Crippen molar-refractivity contribution in [1.82, 2.24) is 0 Å². The van der Waals surface area contributed by atoms with E-state index in [1.807, 2.05) is 62.4 Å². The molecular formula is C17H15NO. The van der Waals surface area contributed by atoms with E-state index < -0.39 is 5.92 Å². The van der Waals surface area contributed by atoms with Crippen molar-refractivity contribution in [2.24, 2.45) is 0 Å². The maximum absolute atomic E-state index is 12.5. The standard InChI is InChI=1S/C17H15NO/c1-12-8-9-13(2)15(10-12)17(19)16(11-18)14-6-4-3-5-7-14/h3-10,16H,1-2H3. The summed E-state index contributed by atoms with van der Waals surface area (Å²) in [5.41, 5.74) is 3.32. The summed E-state index contributed by atoms with van der Waals surface area (Å²) in [7, 11) is 0. The summed E-state index contributed by atoms with van der Waals surface area (Å²) in [6.07, 6.45) is 0. The average molecular weight is 249 g/mol. The van der Waals surface area contributed by atoms with Crippen LogP contribution in [-0.2, 0) is 0 Å². The van der Waals surface area contributed by atoms with Gasteiger partial charge in [-0.15, -0.1) is 0 Å². The lowest BCUT2D eigenvalue weighted by atomic mass is 9.89. The molecule has 0 saturated heterocycles. The van der Waals surface area contributed by atoms with Crippen molar-refractivity contribution in [3.05, 3.63) is 70.8 Å². The van der Waals surface area contributed by atoms with Crippen LogP contribution in [0, 0.1) is 25.2 Å². The highest BCUT2D eigenvalue weighted by molar-refractivity contribution is 6.03. The number of hydrogen-bond donors (Lipinski definition) is 0. The highest BCUT2D eigenvalue weighted by Crippen LogP contribution is 2.22. The molecule has 0 aliphatic heterocycles. The molecule has 2 nitrogen and oxygen atoms in total. The molecule has 19 heavy (non-hydrogen) atoms. The Morgan fingerprint density at radius 2 is 1.79 bits per heavy atom. The van der Waals surface area contributed by atoms with Crippen molar-refractivity contribution in [2.75, 3.05) is 0 Å². The van der Waals surface area contributed by atoms with E-state index in [1.165, 1.54) is 0 Å². The van der Waals surface area contributed by atoms with Gasteiger partial charge in [-0.1, -0.05) is 48.0 Å². The number of carbonyl (C=O) groups excluding carboxylic acids is 1. The van der Waals surface area contributed by atoms with Crippen molar-refractivity contribution in [1.29, 1.82) is 5.26 Å². The van der Waals surface area contributed by atoms with Crippen LogP contribution in [0.1, 0.15) is 33.0 Å². The number of benzene rings is 2. The van der Waals surface area contributed by atoms with Gasteiger partial charge in [-0.05, 0) is 31.0 Å². The molecule has 2 rings (SSSR count). The lowest BCUT2D eigenvalue weighted by Crippen LogP contribution is -2.12. The topological polar surface area (TPSA) is 40.9 Å². The SMILES string of the molecule is Cc1ccc(C)c(C(=O)C(C#N)c2ccccc2)c1. The van der Waals surface area contributed by atoms with Gasteiger partial charge in [0.05, 0.1) is 6.07 Å². The lowest BCUT2D eigenvalue weighted by Gasteiger charge is -2.11. The number of hydrogen-bond acceptors (Lipinski definition) is 2. The zero-order chi connectivity index (χ0) is 13.8. The van der Waals surface area contributed by atoms with Gasteiger partial charge in [0.1, 0.15) is 5.92 Å². The minimum Gasteiger partial charge on any atom is -0.292 e. The van der Waals surface area contributed by atoms with Gasteiger partial charge in [-0.25, -0.2) is 0 Å². The van der Waals surface area contributed by atoms with Gasteiger partial charge >= 0.3 is 0 Å². The van der Waals surface area contributed by atoms with E-state index >= 15 is 0 Å². The first kappa shape index (κ1) is 13.0. The maximum Gasteiger partial charge on any atom is 0.184 e. The van der Waals surface area contributed by atoms with Gasteiger partial charge in [0.15, 0.2) is 5.78 Å². The van der Waals surface area contributed by atoms with Gasteiger partial charge in [-0.2, -0.15) is 5.26 Å². The van der Waals surface area contributed by atoms with Gasteiger partial charge < -0.3 is 0 Å². The quantitative estimate of drug-likeness (QED) is 0.776. The molecule has 0 bridgehead atoms. The molecule has 0 fully saturated rings. The molecule has 0 saturated carbocycles. The maximum atomic E-state index is 12.5. The predicted molar refractivity (Wildman–Crippen MR) is 75.0 cm³/mol. The van der Waals surface area contributed by atoms with Crippen LogP contribution in [0.5, 0.6) is 0 Å². The van der Waals surface area contributed by atoms with Crippen LogP contribution in [0.2, 0.25) is 0 Å². The zero-order valence-corrected chi connectivity index (χ0v) is 11.1. The molecular weight excluding hydrogens is 234 g/mol. The van der Waals surface area contributed by atoms with Gasteiger partial charge in [-0.3, -0.25) is 4.79 Å². The fourth-order valence-corrected chi connectivity index (χ4v) is 2.09. The van der Waals surface area contributed by atoms with Gasteiger partial charge in [0.25, 0.3) is 0 Å². The number of Topliss-reactive ketones (excluding diaryl/α,β-unsaturated/α-hetero) is 1. The lowest BCUT2D eigenvalue weighted by molar-refractivity contribution is 0.0978. The molecule has 0 heterocycles. The first-order chi connectivity index (χ1) is 9.13. The van der Waals surface area contributed by atoms with Crippen molar-refractivity contribution in [3.63, 3.8) is 0 Å². The summed E-state index contributed by atoms with van der Waals surface area (Å²) >= 11 is 0. The normalized spacial score (nSPS) is 11.6. The fraction of sp³-hybridized carbons (Fsp3) is 0.176. The number of aryl methyl sites for hydroxylation is 2. The molecule has 0 N–H and O–H groups in total. The van der Waals surface area contributed by atoms with E-state index in [4.69, 9.17) is 0 Å². The zero-order valence-electron chi connectivity index (χ0n) is 11.1. The first-order valence-electron chi connectivity index (χ1n) is 6.19. The second-order valence-electron chi connectivity index (χ2n) is 4.66. The summed E-state index contributed by atoms with van der Waals surface area (Å²) < 4.78 is 0. The Hall–Kier alpha value is -2.40. The minimum atomic E-state index is -0.735. The second-order valence-corrected chi connectivity index (χ2v) is 4.66. The van der Waals surface area contributed by atoms with Crippen LogP contribution in [0.3, 0.4) is 0 Å². The van der Waals surface area contributed by atoms with Crippen LogP contribution >= 0.6 is 0 Å². The largest absolute Gasteiger partial charge is 0.292 e. The predicted octanol–water partition coefficient (Wildman–Crippen LogP) is 3.79. The molecule has 0 radical (unpaired) electrons. The molecule has 0 spiro atoms. The molecule has 0 aliphatic carbocycles. The Balaban J connectivity index is 2.43. The first-order valence-corrected chi connectivity index (χ1v) is 6.19. The third kappa shape index (κ3) is 2.71. The van der Waals surface area contributed by atoms with Crippen molar-refractivity contribution >= 4 is 5.78 Å². The van der Waals surface area contributed by atoms with Crippen molar-refractivity contribution in [2.45, 2.75) is 19.8 Å². The monoisotopic (exact) mass is 249 g/mol. The van der Waals surface area contributed by atoms with E-state index in [2.05, 4.69) is 6.07 Å². The molecule has 2 heteroatoms. The van der Waals surface area contributed by atoms with E-state index in [1.54, 1.807) is 0 Å². The Kier molecular flexibility index (Phi) is 3.77. The number of rotatable bonds is 3. The summed E-state index contributed by atoms with van der Waals surface area (Å²) in [6, 6.07) is 17.0. The summed E-state index contributed by atoms with van der Waals surface area (Å²) in [5.74, 6) is -0.864. The van der Waals surface area contributed by atoms with Crippen LogP contribution in [0.25, 0.3) is 0 Å². The van der Waals surface area contributed by atoms with E-state index in [0.29, 0.717) is 5.56 Å². The molecule has 0 aliphatic rings. The summed E-state index contributed by atoms with van der Waals surface area (Å²) in [4.78, 5) is 12.5. The molecule has 2 aromatic rings. The Morgan fingerprint density at radius 3 is 2.42 bits per heavy atom. The fourth-order valence-electron chi connectivity index (χ4n) is 2.09. The third-order valence-corrected chi connectivity index (χ3v) is 3.18. The van der Waals surface area contributed by atoms with Crippen molar-refractivity contribution in [3.8, 4) is 6.07 Å². The smallest absolute Gasteiger partial charge is 0.184 e. The van der Waals surface area contributed by atoms with Gasteiger partial charge in [0, 0.05) is 5.56 Å². The second kappa shape index (κ2) is 5.49. The number of nitriles is 1. The Morgan fingerprint density at radius 1 is 1.11 bits per heavy atom. The Bertz CT molecular complexity index is 638. The molecule has 2 aromatic carbocycles. The van der Waals surface area contributed by atoms with Crippen LogP contribution in [-0.4, -0.2) is 5.78 Å². The van der Waals surface area contributed by atoms with Crippen LogP contribution in [0.15, 0.2) is 48.5 Å². The highest BCUT2D eigenvalue weighted by Gasteiger charge is 2.22. The van der Waals surface area contributed by atoms with E-state index in [0.717, 1.165) is 16.7 Å². The van der Waals surface area contributed by atoms with Crippen LogP contribution < -0.4 is 0 Å². The molecule has 94 valence electrons.